The van der Waals surface area contributed by atoms with Gasteiger partial charge < -0.3 is 4.90 Å². The van der Waals surface area contributed by atoms with Crippen LogP contribution in [0.25, 0.3) is 11.0 Å². The van der Waals surface area contributed by atoms with Crippen molar-refractivity contribution >= 4 is 28.3 Å². The average Bonchev–Trinajstić information content (AvgIpc) is 3.12. The minimum absolute atomic E-state index is 0.145. The number of aromatic amines is 1. The number of carbonyl (C=O) groups excluding carboxylic acids is 1. The second-order valence-corrected chi connectivity index (χ2v) is 6.44. The van der Waals surface area contributed by atoms with E-state index in [-0.39, 0.29) is 11.5 Å². The van der Waals surface area contributed by atoms with Crippen molar-refractivity contribution in [3.63, 3.8) is 0 Å². The van der Waals surface area contributed by atoms with Crippen molar-refractivity contribution in [1.29, 1.82) is 0 Å². The van der Waals surface area contributed by atoms with E-state index in [1.54, 1.807) is 34.0 Å². The molecule has 0 saturated carbocycles. The van der Waals surface area contributed by atoms with Gasteiger partial charge in [-0.2, -0.15) is 0 Å². The van der Waals surface area contributed by atoms with Crippen molar-refractivity contribution in [2.45, 2.75) is 20.4 Å². The van der Waals surface area contributed by atoms with Crippen LogP contribution in [0, 0.1) is 6.92 Å². The molecule has 6 nitrogen and oxygen atoms in total. The topological polar surface area (TPSA) is 71.0 Å². The highest BCUT2D eigenvalue weighted by Crippen LogP contribution is 2.19. The second-order valence-electron chi connectivity index (χ2n) is 5.41. The maximum atomic E-state index is 13.0. The molecule has 0 radical (unpaired) electrons. The third kappa shape index (κ3) is 2.79. The van der Waals surface area contributed by atoms with Crippen LogP contribution in [0.5, 0.6) is 0 Å². The Morgan fingerprint density at radius 2 is 2.26 bits per heavy atom. The molecule has 7 heteroatoms. The van der Waals surface area contributed by atoms with Gasteiger partial charge in [0, 0.05) is 24.2 Å². The summed E-state index contributed by atoms with van der Waals surface area (Å²) in [5.41, 5.74) is 1.34. The number of hydrogen-bond acceptors (Lipinski definition) is 4. The minimum Gasteiger partial charge on any atom is -0.334 e. The van der Waals surface area contributed by atoms with Crippen molar-refractivity contribution < 1.29 is 4.79 Å². The molecular weight excluding hydrogens is 312 g/mol. The summed E-state index contributed by atoms with van der Waals surface area (Å²) in [5, 5.41) is 5.02. The number of H-pyrrole nitrogens is 1. The molecule has 0 fully saturated rings. The fourth-order valence-corrected chi connectivity index (χ4v) is 3.36. The Bertz CT molecular complexity index is 908. The van der Waals surface area contributed by atoms with Crippen molar-refractivity contribution in [2.75, 3.05) is 6.54 Å². The molecule has 0 aliphatic rings. The number of fused-ring (bicyclic) bond motifs is 1. The lowest BCUT2D eigenvalue weighted by Gasteiger charge is -2.20. The highest BCUT2D eigenvalue weighted by atomic mass is 32.1. The molecule has 1 amide bonds. The first-order valence-corrected chi connectivity index (χ1v) is 8.27. The average molecular weight is 330 g/mol. The lowest BCUT2D eigenvalue weighted by atomic mass is 10.1. The molecule has 3 heterocycles. The first-order valence-electron chi connectivity index (χ1n) is 7.39. The number of nitrogens with one attached hydrogen (secondary N) is 1. The van der Waals surface area contributed by atoms with E-state index in [2.05, 4.69) is 10.1 Å². The van der Waals surface area contributed by atoms with Gasteiger partial charge in [-0.05, 0) is 31.4 Å². The Kier molecular flexibility index (Phi) is 4.04. The monoisotopic (exact) mass is 330 g/mol. The molecule has 120 valence electrons. The van der Waals surface area contributed by atoms with Gasteiger partial charge in [-0.15, -0.1) is 11.3 Å². The van der Waals surface area contributed by atoms with Crippen LogP contribution in [0.15, 0.2) is 28.4 Å². The van der Waals surface area contributed by atoms with Crippen molar-refractivity contribution in [3.05, 3.63) is 50.1 Å². The van der Waals surface area contributed by atoms with Gasteiger partial charge in [-0.1, -0.05) is 6.07 Å². The molecule has 0 spiro atoms. The number of aryl methyl sites for hydroxylation is 2. The molecule has 0 aliphatic heterocycles. The quantitative estimate of drug-likeness (QED) is 0.798. The highest BCUT2D eigenvalue weighted by Gasteiger charge is 2.22. The number of carbonyl (C=O) groups is 1. The molecular formula is C16H18N4O2S. The lowest BCUT2D eigenvalue weighted by Crippen LogP contribution is -2.30. The zero-order chi connectivity index (χ0) is 16.6. The molecule has 0 bridgehead atoms. The Hall–Kier alpha value is -2.41. The Morgan fingerprint density at radius 3 is 2.91 bits per heavy atom. The minimum atomic E-state index is -0.287. The molecule has 0 atom stereocenters. The standard InChI is InChI=1S/C16H18N4O2S/c1-4-20(9-11-6-5-7-23-11)16(22)12-8-10(2)17-14-13(12)15(21)18-19(14)3/h5-8H,4,9H2,1-3H3,(H,18,21). The number of rotatable bonds is 4. The fourth-order valence-electron chi connectivity index (χ4n) is 2.64. The van der Waals surface area contributed by atoms with E-state index >= 15 is 0 Å². The van der Waals surface area contributed by atoms with E-state index in [1.807, 2.05) is 31.4 Å². The summed E-state index contributed by atoms with van der Waals surface area (Å²) in [5.74, 6) is -0.145. The molecule has 0 unspecified atom stereocenters. The van der Waals surface area contributed by atoms with E-state index in [0.29, 0.717) is 35.4 Å². The van der Waals surface area contributed by atoms with Crippen LogP contribution in [0.4, 0.5) is 0 Å². The Morgan fingerprint density at radius 1 is 1.48 bits per heavy atom. The van der Waals surface area contributed by atoms with E-state index in [4.69, 9.17) is 0 Å². The molecule has 1 N–H and O–H groups in total. The van der Waals surface area contributed by atoms with Crippen molar-refractivity contribution in [1.82, 2.24) is 19.7 Å². The summed E-state index contributed by atoms with van der Waals surface area (Å²) in [4.78, 5) is 32.4. The molecule has 3 rings (SSSR count). The molecule has 3 aromatic rings. The van der Waals surface area contributed by atoms with Crippen LogP contribution in [-0.2, 0) is 13.6 Å². The van der Waals surface area contributed by atoms with E-state index in [0.717, 1.165) is 4.88 Å². The van der Waals surface area contributed by atoms with Gasteiger partial charge in [-0.25, -0.2) is 4.98 Å². The molecule has 0 saturated heterocycles. The first-order chi connectivity index (χ1) is 11.0. The Labute approximate surface area is 137 Å². The van der Waals surface area contributed by atoms with Gasteiger partial charge in [0.15, 0.2) is 5.65 Å². The van der Waals surface area contributed by atoms with Gasteiger partial charge in [0.25, 0.3) is 11.5 Å². The van der Waals surface area contributed by atoms with Crippen LogP contribution >= 0.6 is 11.3 Å². The van der Waals surface area contributed by atoms with Crippen LogP contribution in [-0.4, -0.2) is 32.1 Å². The third-order valence-corrected chi connectivity index (χ3v) is 4.63. The van der Waals surface area contributed by atoms with Crippen LogP contribution < -0.4 is 5.56 Å². The van der Waals surface area contributed by atoms with Gasteiger partial charge in [-0.3, -0.25) is 19.4 Å². The van der Waals surface area contributed by atoms with Gasteiger partial charge in [0.05, 0.1) is 17.5 Å². The van der Waals surface area contributed by atoms with Crippen molar-refractivity contribution in [2.24, 2.45) is 7.05 Å². The maximum Gasteiger partial charge on any atom is 0.274 e. The predicted octanol–water partition coefficient (Wildman–Crippen LogP) is 2.29. The summed E-state index contributed by atoms with van der Waals surface area (Å²) in [7, 11) is 1.72. The third-order valence-electron chi connectivity index (χ3n) is 3.77. The number of hydrogen-bond donors (Lipinski definition) is 1. The normalized spacial score (nSPS) is 11.1. The van der Waals surface area contributed by atoms with Gasteiger partial charge in [0.1, 0.15) is 0 Å². The van der Waals surface area contributed by atoms with E-state index < -0.39 is 0 Å². The van der Waals surface area contributed by atoms with E-state index in [9.17, 15) is 9.59 Å². The number of nitrogens with zero attached hydrogens (tertiary/aromatic N) is 3. The predicted molar refractivity (Wildman–Crippen MR) is 90.8 cm³/mol. The highest BCUT2D eigenvalue weighted by molar-refractivity contribution is 7.09. The zero-order valence-electron chi connectivity index (χ0n) is 13.3. The SMILES string of the molecule is CCN(Cc1cccs1)C(=O)c1cc(C)nc2c1c(=O)[nH]n2C. The molecule has 23 heavy (non-hydrogen) atoms. The summed E-state index contributed by atoms with van der Waals surface area (Å²) in [6.07, 6.45) is 0. The van der Waals surface area contributed by atoms with Crippen LogP contribution in [0.2, 0.25) is 0 Å². The number of thiophene rings is 1. The van der Waals surface area contributed by atoms with E-state index in [1.165, 1.54) is 0 Å². The van der Waals surface area contributed by atoms with Gasteiger partial charge in [0.2, 0.25) is 0 Å². The van der Waals surface area contributed by atoms with Crippen LogP contribution in [0.1, 0.15) is 27.9 Å². The maximum absolute atomic E-state index is 13.0. The Balaban J connectivity index is 2.07. The largest absolute Gasteiger partial charge is 0.334 e. The fraction of sp³-hybridized carbons (Fsp3) is 0.312. The summed E-state index contributed by atoms with van der Waals surface area (Å²) < 4.78 is 1.55. The number of amides is 1. The van der Waals surface area contributed by atoms with Crippen molar-refractivity contribution in [3.8, 4) is 0 Å². The molecule has 0 aliphatic carbocycles. The lowest BCUT2D eigenvalue weighted by molar-refractivity contribution is 0.0756. The summed E-state index contributed by atoms with van der Waals surface area (Å²) >= 11 is 1.62. The molecule has 0 aromatic carbocycles. The number of aromatic nitrogens is 3. The number of pyridine rings is 1. The summed E-state index contributed by atoms with van der Waals surface area (Å²) in [6, 6.07) is 5.66. The second kappa shape index (κ2) is 6.00. The molecule has 3 aromatic heterocycles. The smallest absolute Gasteiger partial charge is 0.274 e. The first kappa shape index (κ1) is 15.5. The van der Waals surface area contributed by atoms with Gasteiger partial charge >= 0.3 is 0 Å². The zero-order valence-corrected chi connectivity index (χ0v) is 14.1. The summed E-state index contributed by atoms with van der Waals surface area (Å²) in [6.45, 7) is 4.88. The van der Waals surface area contributed by atoms with Crippen LogP contribution in [0.3, 0.4) is 0 Å².